The summed E-state index contributed by atoms with van der Waals surface area (Å²) < 4.78 is 5.35. The number of nitrogens with zero attached hydrogens (tertiary/aromatic N) is 1. The maximum absolute atomic E-state index is 2.68. The van der Waals surface area contributed by atoms with Crippen molar-refractivity contribution in [2.75, 3.05) is 4.90 Å². The molecule has 0 spiro atoms. The highest BCUT2D eigenvalue weighted by Gasteiger charge is 2.45. The van der Waals surface area contributed by atoms with Crippen LogP contribution in [0.1, 0.15) is 61.2 Å². The molecule has 9 aromatic carbocycles. The average molecular weight is 936 g/mol. The van der Waals surface area contributed by atoms with Crippen LogP contribution in [-0.4, -0.2) is 13.4 Å². The van der Waals surface area contributed by atoms with E-state index in [9.17, 15) is 0 Å². The van der Waals surface area contributed by atoms with Crippen LogP contribution in [0.5, 0.6) is 0 Å². The third-order valence-corrected chi connectivity index (χ3v) is 19.7. The molecule has 0 saturated carbocycles. The third-order valence-electron chi connectivity index (χ3n) is 17.4. The van der Waals surface area contributed by atoms with Crippen molar-refractivity contribution >= 4 is 126 Å². The fourth-order valence-corrected chi connectivity index (χ4v) is 15.2. The van der Waals surface area contributed by atoms with Crippen LogP contribution >= 0.6 is 22.7 Å². The lowest BCUT2D eigenvalue weighted by atomic mass is 9.29. The number of fused-ring (bicyclic) bond motifs is 10. The van der Waals surface area contributed by atoms with Gasteiger partial charge in [0.05, 0.1) is 0 Å². The van der Waals surface area contributed by atoms with Crippen LogP contribution in [0.2, 0.25) is 0 Å². The molecule has 0 N–H and O–H groups in total. The summed E-state index contributed by atoms with van der Waals surface area (Å²) in [5, 5.41) is 5.35. The van der Waals surface area contributed by atoms with Gasteiger partial charge in [-0.1, -0.05) is 136 Å². The van der Waals surface area contributed by atoms with Crippen LogP contribution in [0.3, 0.4) is 0 Å². The normalized spacial score (nSPS) is 13.0. The molecule has 0 bridgehead atoms. The summed E-state index contributed by atoms with van der Waals surface area (Å²) in [4.78, 5) is 2.68. The van der Waals surface area contributed by atoms with Gasteiger partial charge >= 0.3 is 0 Å². The molecule has 5 heteroatoms. The van der Waals surface area contributed by atoms with E-state index in [1.54, 1.807) is 0 Å². The van der Waals surface area contributed by atoms with E-state index in [2.05, 4.69) is 215 Å². The zero-order chi connectivity index (χ0) is 48.2. The molecule has 0 saturated heterocycles. The Bertz CT molecular complexity index is 3790. The number of anilines is 3. The van der Waals surface area contributed by atoms with Gasteiger partial charge in [-0.15, -0.1) is 22.7 Å². The van der Waals surface area contributed by atoms with Crippen molar-refractivity contribution in [2.45, 2.75) is 76.2 Å². The topological polar surface area (TPSA) is 3.24 Å². The first-order chi connectivity index (χ1) is 33.8. The van der Waals surface area contributed by atoms with E-state index < -0.39 is 0 Å². The van der Waals surface area contributed by atoms with Crippen LogP contribution in [0.15, 0.2) is 133 Å². The first kappa shape index (κ1) is 43.4. The standard InChI is InChI=1S/C65H55B2NS2/c1-34-28-55-65-56(29-34)67(64-43(10)39(6)36(3)40(7)44(64)11)54-31-46(48-21-25-52-50-17-13-15-19-60(50)70-62(52)33-48)23-27-58(54)68(65)57-26-22-45(47-20-24-51-49-16-12-14-18-59(49)69-61(51)32-47)30-53(57)66(55)63-41(8)37(4)35(2)38(5)42(63)9/h12-33H,1-11H3. The quantitative estimate of drug-likeness (QED) is 0.159. The largest absolute Gasteiger partial charge is 0.313 e. The van der Waals surface area contributed by atoms with E-state index in [0.29, 0.717) is 0 Å². The highest BCUT2D eigenvalue weighted by atomic mass is 32.1. The molecule has 2 aliphatic heterocycles. The summed E-state index contributed by atoms with van der Waals surface area (Å²) >= 11 is 3.80. The van der Waals surface area contributed by atoms with E-state index in [1.165, 1.54) is 174 Å². The van der Waals surface area contributed by atoms with Gasteiger partial charge in [-0.25, -0.2) is 0 Å². The van der Waals surface area contributed by atoms with Gasteiger partial charge in [0.2, 0.25) is 13.4 Å². The van der Waals surface area contributed by atoms with Crippen LogP contribution in [0.25, 0.3) is 62.6 Å². The molecular weight excluding hydrogens is 880 g/mol. The fraction of sp³-hybridized carbons (Fsp3) is 0.169. The van der Waals surface area contributed by atoms with Crippen LogP contribution in [0, 0.1) is 76.2 Å². The van der Waals surface area contributed by atoms with Crippen LogP contribution < -0.4 is 37.7 Å². The van der Waals surface area contributed by atoms with E-state index in [0.717, 1.165) is 0 Å². The minimum Gasteiger partial charge on any atom is -0.313 e. The molecule has 0 radical (unpaired) electrons. The number of hydrogen-bond donors (Lipinski definition) is 0. The molecule has 0 aliphatic carbocycles. The smallest absolute Gasteiger partial charge is 0.247 e. The molecule has 70 heavy (non-hydrogen) atoms. The zero-order valence-corrected chi connectivity index (χ0v) is 43.8. The van der Waals surface area contributed by atoms with Gasteiger partial charge in [-0.2, -0.15) is 0 Å². The lowest BCUT2D eigenvalue weighted by Gasteiger charge is -2.45. The average Bonchev–Trinajstić information content (AvgIpc) is 3.95. The Hall–Kier alpha value is -6.65. The second-order valence-electron chi connectivity index (χ2n) is 20.7. The van der Waals surface area contributed by atoms with Crippen LogP contribution in [-0.2, 0) is 0 Å². The van der Waals surface area contributed by atoms with Gasteiger partial charge in [0.1, 0.15) is 0 Å². The lowest BCUT2D eigenvalue weighted by molar-refractivity contribution is 1.19. The molecule has 13 rings (SSSR count). The van der Waals surface area contributed by atoms with Gasteiger partial charge in [0.25, 0.3) is 0 Å². The van der Waals surface area contributed by atoms with Gasteiger partial charge in [0, 0.05) is 57.4 Å². The minimum atomic E-state index is 0.0316. The van der Waals surface area contributed by atoms with Crippen LogP contribution in [0.4, 0.5) is 17.1 Å². The fourth-order valence-electron chi connectivity index (χ4n) is 12.9. The maximum Gasteiger partial charge on any atom is 0.247 e. The third kappa shape index (κ3) is 6.10. The molecule has 0 unspecified atom stereocenters. The Labute approximate surface area is 421 Å². The van der Waals surface area contributed by atoms with E-state index >= 15 is 0 Å². The summed E-state index contributed by atoms with van der Waals surface area (Å²) in [6.07, 6.45) is 0. The Morgan fingerprint density at radius 2 is 0.657 bits per heavy atom. The second-order valence-corrected chi connectivity index (χ2v) is 22.9. The second kappa shape index (κ2) is 15.7. The summed E-state index contributed by atoms with van der Waals surface area (Å²) in [7, 11) is 0. The number of aryl methyl sites for hydroxylation is 1. The molecular formula is C65H55B2NS2. The van der Waals surface area contributed by atoms with Crippen molar-refractivity contribution in [3.05, 3.63) is 195 Å². The summed E-state index contributed by atoms with van der Waals surface area (Å²) in [5.41, 5.74) is 32.7. The van der Waals surface area contributed by atoms with Gasteiger partial charge < -0.3 is 4.90 Å². The minimum absolute atomic E-state index is 0.0316. The molecule has 338 valence electrons. The molecule has 1 nitrogen and oxygen atoms in total. The highest BCUT2D eigenvalue weighted by Crippen LogP contribution is 2.43. The van der Waals surface area contributed by atoms with Gasteiger partial charge in [-0.3, -0.25) is 0 Å². The SMILES string of the molecule is Cc1cc2c3c(c1)B(c1c(C)c(C)c(C)c(C)c1C)c1cc(-c4ccc5c(c4)sc4ccccc45)ccc1N3c1ccc(-c3ccc4c(c3)sc3ccccc34)cc1B2c1c(C)c(C)c(C)c(C)c1C. The molecule has 0 atom stereocenters. The van der Waals surface area contributed by atoms with Crippen molar-refractivity contribution in [1.82, 2.24) is 0 Å². The maximum atomic E-state index is 2.68. The monoisotopic (exact) mass is 935 g/mol. The van der Waals surface area contributed by atoms with Crippen molar-refractivity contribution < 1.29 is 0 Å². The Morgan fingerprint density at radius 3 is 1.07 bits per heavy atom. The molecule has 11 aromatic rings. The first-order valence-electron chi connectivity index (χ1n) is 25.0. The summed E-state index contributed by atoms with van der Waals surface area (Å²) in [6.45, 7) is 25.9. The molecule has 0 fully saturated rings. The first-order valence-corrected chi connectivity index (χ1v) is 26.6. The summed E-state index contributed by atoms with van der Waals surface area (Å²) in [6, 6.07) is 51.9. The number of benzene rings is 9. The summed E-state index contributed by atoms with van der Waals surface area (Å²) in [5.74, 6) is 0. The predicted molar refractivity (Wildman–Crippen MR) is 312 cm³/mol. The van der Waals surface area contributed by atoms with Crippen molar-refractivity contribution in [3.8, 4) is 22.3 Å². The van der Waals surface area contributed by atoms with E-state index in [-0.39, 0.29) is 13.4 Å². The van der Waals surface area contributed by atoms with E-state index in [4.69, 9.17) is 0 Å². The van der Waals surface area contributed by atoms with E-state index in [1.807, 2.05) is 22.7 Å². The molecule has 4 heterocycles. The number of thiophene rings is 2. The molecule has 2 aliphatic rings. The highest BCUT2D eigenvalue weighted by molar-refractivity contribution is 7.26. The zero-order valence-electron chi connectivity index (χ0n) is 42.1. The Kier molecular flexibility index (Phi) is 9.71. The lowest BCUT2D eigenvalue weighted by Crippen LogP contribution is -2.66. The van der Waals surface area contributed by atoms with Crippen molar-refractivity contribution in [2.24, 2.45) is 0 Å². The Balaban J connectivity index is 1.10. The number of rotatable bonds is 4. The van der Waals surface area contributed by atoms with Crippen molar-refractivity contribution in [1.29, 1.82) is 0 Å². The van der Waals surface area contributed by atoms with Gasteiger partial charge in [0.15, 0.2) is 0 Å². The van der Waals surface area contributed by atoms with Gasteiger partial charge in [-0.05, 0) is 190 Å². The van der Waals surface area contributed by atoms with Crippen molar-refractivity contribution in [3.63, 3.8) is 0 Å². The molecule has 2 aromatic heterocycles. The number of hydrogen-bond acceptors (Lipinski definition) is 3. The predicted octanol–water partition coefficient (Wildman–Crippen LogP) is 14.3. The molecule has 0 amide bonds. The Morgan fingerprint density at radius 1 is 0.314 bits per heavy atom.